The Hall–Kier alpha value is -3.91. The van der Waals surface area contributed by atoms with Gasteiger partial charge < -0.3 is 15.5 Å². The number of carbonyl (C=O) groups excluding carboxylic acids is 2. The number of carbonyl (C=O) groups is 2. The molecular formula is C22H19ClN6O2. The molecule has 0 radical (unpaired) electrons. The van der Waals surface area contributed by atoms with E-state index in [1.165, 1.54) is 4.90 Å². The minimum Gasteiger partial charge on any atom is -0.341 e. The van der Waals surface area contributed by atoms with E-state index in [4.69, 9.17) is 11.6 Å². The Labute approximate surface area is 183 Å². The van der Waals surface area contributed by atoms with Gasteiger partial charge in [0.15, 0.2) is 5.65 Å². The third-order valence-corrected chi connectivity index (χ3v) is 5.05. The van der Waals surface area contributed by atoms with Crippen LogP contribution >= 0.6 is 11.6 Å². The number of fused-ring (bicyclic) bond motifs is 1. The van der Waals surface area contributed by atoms with Crippen LogP contribution in [0.4, 0.5) is 16.2 Å². The second-order valence-corrected chi connectivity index (χ2v) is 7.20. The lowest BCUT2D eigenvalue weighted by Gasteiger charge is -2.17. The fraction of sp³-hybridized carbons (Fsp3) is 0.0909. The summed E-state index contributed by atoms with van der Waals surface area (Å²) in [7, 11) is 3.24. The number of halogens is 1. The number of nitrogens with zero attached hydrogens (tertiary/aromatic N) is 4. The van der Waals surface area contributed by atoms with Crippen molar-refractivity contribution in [2.24, 2.45) is 0 Å². The average molecular weight is 435 g/mol. The van der Waals surface area contributed by atoms with Crippen molar-refractivity contribution in [2.75, 3.05) is 24.3 Å². The first-order valence-corrected chi connectivity index (χ1v) is 9.80. The molecule has 8 nitrogen and oxygen atoms in total. The lowest BCUT2D eigenvalue weighted by Crippen LogP contribution is -2.27. The van der Waals surface area contributed by atoms with E-state index in [0.29, 0.717) is 22.0 Å². The van der Waals surface area contributed by atoms with Crippen LogP contribution in [0.25, 0.3) is 16.9 Å². The van der Waals surface area contributed by atoms with Gasteiger partial charge in [-0.15, -0.1) is 0 Å². The summed E-state index contributed by atoms with van der Waals surface area (Å²) < 4.78 is 1.82. The quantitative estimate of drug-likeness (QED) is 0.506. The molecule has 0 aliphatic heterocycles. The van der Waals surface area contributed by atoms with Crippen molar-refractivity contribution in [1.29, 1.82) is 0 Å². The zero-order valence-corrected chi connectivity index (χ0v) is 17.6. The number of hydrogen-bond donors (Lipinski definition) is 2. The van der Waals surface area contributed by atoms with Gasteiger partial charge in [0.2, 0.25) is 0 Å². The third kappa shape index (κ3) is 4.19. The Morgan fingerprint density at radius 2 is 1.71 bits per heavy atom. The fourth-order valence-corrected chi connectivity index (χ4v) is 3.21. The normalized spacial score (nSPS) is 10.7. The summed E-state index contributed by atoms with van der Waals surface area (Å²) in [5, 5.41) is 5.82. The average Bonchev–Trinajstić information content (AvgIpc) is 3.22. The smallest absolute Gasteiger partial charge is 0.318 e. The van der Waals surface area contributed by atoms with Crippen LogP contribution in [0.15, 0.2) is 67.1 Å². The van der Waals surface area contributed by atoms with Crippen LogP contribution in [-0.2, 0) is 0 Å². The van der Waals surface area contributed by atoms with Crippen LogP contribution in [0.5, 0.6) is 0 Å². The van der Waals surface area contributed by atoms with Crippen molar-refractivity contribution in [3.05, 3.63) is 77.8 Å². The molecule has 31 heavy (non-hydrogen) atoms. The fourth-order valence-electron chi connectivity index (χ4n) is 3.08. The Morgan fingerprint density at radius 3 is 2.39 bits per heavy atom. The molecule has 2 aromatic carbocycles. The predicted molar refractivity (Wildman–Crippen MR) is 121 cm³/mol. The number of urea groups is 1. The number of rotatable bonds is 4. The van der Waals surface area contributed by atoms with Crippen LogP contribution in [-0.4, -0.2) is 40.4 Å². The summed E-state index contributed by atoms with van der Waals surface area (Å²) in [6.07, 6.45) is 4.95. The van der Waals surface area contributed by atoms with E-state index in [2.05, 4.69) is 20.6 Å². The Morgan fingerprint density at radius 1 is 1.00 bits per heavy atom. The largest absolute Gasteiger partial charge is 0.341 e. The van der Waals surface area contributed by atoms with Crippen LogP contribution in [0.2, 0.25) is 5.02 Å². The van der Waals surface area contributed by atoms with E-state index in [-0.39, 0.29) is 17.6 Å². The molecule has 2 N–H and O–H groups in total. The van der Waals surface area contributed by atoms with Crippen LogP contribution in [0, 0.1) is 0 Å². The highest BCUT2D eigenvalue weighted by Gasteiger charge is 2.17. The van der Waals surface area contributed by atoms with Crippen molar-refractivity contribution in [3.8, 4) is 11.3 Å². The standard InChI is InChI=1S/C22H19ClN6O2/c1-24-22(31)27-16-7-3-14(4-8-16)19-11-26-20-12-25-18(13-29(19)20)21(30)28(2)17-9-5-15(23)6-10-17/h3-13H,1-2H3,(H2,24,27,31). The number of aromatic nitrogens is 3. The Balaban J connectivity index is 1.64. The van der Waals surface area contributed by atoms with Gasteiger partial charge in [-0.05, 0) is 36.4 Å². The number of imidazole rings is 1. The van der Waals surface area contributed by atoms with Gasteiger partial charge in [0.25, 0.3) is 5.91 Å². The van der Waals surface area contributed by atoms with Crippen LogP contribution in [0.3, 0.4) is 0 Å². The lowest BCUT2D eigenvalue weighted by atomic mass is 10.1. The Bertz CT molecular complexity index is 1250. The number of hydrogen-bond acceptors (Lipinski definition) is 4. The molecule has 2 heterocycles. The van der Waals surface area contributed by atoms with Crippen molar-refractivity contribution in [3.63, 3.8) is 0 Å². The van der Waals surface area contributed by atoms with E-state index in [9.17, 15) is 9.59 Å². The van der Waals surface area contributed by atoms with E-state index in [1.807, 2.05) is 16.5 Å². The van der Waals surface area contributed by atoms with Crippen LogP contribution in [0.1, 0.15) is 10.5 Å². The molecule has 0 aliphatic carbocycles. The maximum atomic E-state index is 13.0. The van der Waals surface area contributed by atoms with Gasteiger partial charge in [0.05, 0.1) is 18.1 Å². The highest BCUT2D eigenvalue weighted by Crippen LogP contribution is 2.24. The highest BCUT2D eigenvalue weighted by atomic mass is 35.5. The summed E-state index contributed by atoms with van der Waals surface area (Å²) >= 11 is 5.93. The maximum Gasteiger partial charge on any atom is 0.318 e. The van der Waals surface area contributed by atoms with Crippen LogP contribution < -0.4 is 15.5 Å². The molecule has 0 saturated carbocycles. The minimum absolute atomic E-state index is 0.256. The van der Waals surface area contributed by atoms with E-state index in [0.717, 1.165) is 11.3 Å². The number of amides is 3. The minimum atomic E-state index is -0.290. The second kappa shape index (κ2) is 8.45. The molecule has 0 bridgehead atoms. The maximum absolute atomic E-state index is 13.0. The van der Waals surface area contributed by atoms with Crippen molar-refractivity contribution in [2.45, 2.75) is 0 Å². The van der Waals surface area contributed by atoms with Crippen molar-refractivity contribution in [1.82, 2.24) is 19.7 Å². The number of benzene rings is 2. The summed E-state index contributed by atoms with van der Waals surface area (Å²) in [5.74, 6) is -0.256. The third-order valence-electron chi connectivity index (χ3n) is 4.80. The van der Waals surface area contributed by atoms with Gasteiger partial charge >= 0.3 is 6.03 Å². The summed E-state index contributed by atoms with van der Waals surface area (Å²) in [5.41, 5.74) is 3.95. The molecule has 0 saturated heterocycles. The Kier molecular flexibility index (Phi) is 5.55. The summed E-state index contributed by atoms with van der Waals surface area (Å²) in [4.78, 5) is 34.6. The molecule has 0 atom stereocenters. The van der Waals surface area contributed by atoms with Crippen molar-refractivity contribution < 1.29 is 9.59 Å². The van der Waals surface area contributed by atoms with Gasteiger partial charge in [-0.2, -0.15) is 0 Å². The first kappa shape index (κ1) is 20.4. The SMILES string of the molecule is CNC(=O)Nc1ccc(-c2cnc3cnc(C(=O)N(C)c4ccc(Cl)cc4)cn23)cc1. The predicted octanol–water partition coefficient (Wildman–Crippen LogP) is 4.08. The molecule has 3 amide bonds. The number of nitrogens with one attached hydrogen (secondary N) is 2. The first-order chi connectivity index (χ1) is 15.0. The van der Waals surface area contributed by atoms with Gasteiger partial charge in [0.1, 0.15) is 5.69 Å². The van der Waals surface area contributed by atoms with Gasteiger partial charge in [-0.3, -0.25) is 9.20 Å². The molecule has 4 aromatic rings. The monoisotopic (exact) mass is 434 g/mol. The summed E-state index contributed by atoms with van der Waals surface area (Å²) in [6.45, 7) is 0. The van der Waals surface area contributed by atoms with Crippen molar-refractivity contribution >= 4 is 40.6 Å². The molecule has 0 spiro atoms. The molecule has 4 rings (SSSR count). The molecule has 156 valence electrons. The molecule has 2 aromatic heterocycles. The second-order valence-electron chi connectivity index (χ2n) is 6.77. The van der Waals surface area contributed by atoms with E-state index < -0.39 is 0 Å². The highest BCUT2D eigenvalue weighted by molar-refractivity contribution is 6.30. The molecule has 0 unspecified atom stereocenters. The van der Waals surface area contributed by atoms with Gasteiger partial charge in [0, 0.05) is 42.3 Å². The van der Waals surface area contributed by atoms with Gasteiger partial charge in [-0.25, -0.2) is 14.8 Å². The zero-order valence-electron chi connectivity index (χ0n) is 16.8. The molecule has 9 heteroatoms. The molecule has 0 aliphatic rings. The molecule has 0 fully saturated rings. The summed E-state index contributed by atoms with van der Waals surface area (Å²) in [6, 6.07) is 14.1. The lowest BCUT2D eigenvalue weighted by molar-refractivity contribution is 0.0988. The first-order valence-electron chi connectivity index (χ1n) is 9.42. The zero-order chi connectivity index (χ0) is 22.0. The van der Waals surface area contributed by atoms with E-state index in [1.54, 1.807) is 69.1 Å². The topological polar surface area (TPSA) is 91.6 Å². The van der Waals surface area contributed by atoms with Gasteiger partial charge in [-0.1, -0.05) is 23.7 Å². The molecular weight excluding hydrogens is 416 g/mol. The number of anilines is 2. The van der Waals surface area contributed by atoms with E-state index >= 15 is 0 Å².